The highest BCUT2D eigenvalue weighted by molar-refractivity contribution is 9.09. The second-order valence-corrected chi connectivity index (χ2v) is 5.33. The minimum absolute atomic E-state index is 0.0531. The van der Waals surface area contributed by atoms with Gasteiger partial charge < -0.3 is 9.88 Å². The van der Waals surface area contributed by atoms with Crippen LogP contribution in [0.25, 0.3) is 11.4 Å². The number of hydrogen-bond acceptors (Lipinski definition) is 3. The Balaban J connectivity index is 1.95. The Morgan fingerprint density at radius 2 is 2.05 bits per heavy atom. The second-order valence-electron chi connectivity index (χ2n) is 4.54. The number of unbranched alkanes of at least 4 members (excludes halogenated alkanes) is 1. The number of carbonyl (C=O) groups excluding carboxylic acids is 1. The molecule has 2 aromatic rings. The van der Waals surface area contributed by atoms with Gasteiger partial charge in [0.1, 0.15) is 6.33 Å². The van der Waals surface area contributed by atoms with E-state index in [4.69, 9.17) is 0 Å². The van der Waals surface area contributed by atoms with Gasteiger partial charge in [0.15, 0.2) is 5.82 Å². The van der Waals surface area contributed by atoms with Crippen LogP contribution in [-0.4, -0.2) is 26.0 Å². The number of aryl methyl sites for hydroxylation is 1. The van der Waals surface area contributed by atoms with Crippen molar-refractivity contribution in [3.63, 3.8) is 0 Å². The van der Waals surface area contributed by atoms with Gasteiger partial charge in [-0.25, -0.2) is 0 Å². The third-order valence-corrected chi connectivity index (χ3v) is 3.49. The molecule has 20 heavy (non-hydrogen) atoms. The van der Waals surface area contributed by atoms with Crippen LogP contribution in [0.15, 0.2) is 30.6 Å². The van der Waals surface area contributed by atoms with Gasteiger partial charge >= 0.3 is 0 Å². The van der Waals surface area contributed by atoms with E-state index in [-0.39, 0.29) is 5.91 Å². The molecule has 0 bridgehead atoms. The summed E-state index contributed by atoms with van der Waals surface area (Å²) in [6.45, 7) is 0. The van der Waals surface area contributed by atoms with Crippen molar-refractivity contribution in [2.45, 2.75) is 19.3 Å². The third kappa shape index (κ3) is 3.90. The molecule has 1 amide bonds. The maximum absolute atomic E-state index is 11.7. The Kier molecular flexibility index (Phi) is 5.29. The number of benzene rings is 1. The fraction of sp³-hybridized carbons (Fsp3) is 0.357. The molecular weight excluding hydrogens is 320 g/mol. The van der Waals surface area contributed by atoms with E-state index in [1.807, 2.05) is 35.9 Å². The first kappa shape index (κ1) is 14.7. The summed E-state index contributed by atoms with van der Waals surface area (Å²) in [5, 5.41) is 11.7. The molecule has 0 radical (unpaired) electrons. The quantitative estimate of drug-likeness (QED) is 0.651. The summed E-state index contributed by atoms with van der Waals surface area (Å²) in [7, 11) is 1.90. The second kappa shape index (κ2) is 7.19. The van der Waals surface area contributed by atoms with Gasteiger partial charge in [-0.2, -0.15) is 0 Å². The van der Waals surface area contributed by atoms with Crippen LogP contribution in [0.3, 0.4) is 0 Å². The molecule has 0 aliphatic carbocycles. The maximum atomic E-state index is 11.7. The van der Waals surface area contributed by atoms with E-state index in [1.165, 1.54) is 0 Å². The summed E-state index contributed by atoms with van der Waals surface area (Å²) in [4.78, 5) is 11.7. The van der Waals surface area contributed by atoms with Crippen LogP contribution in [0, 0.1) is 0 Å². The van der Waals surface area contributed by atoms with E-state index in [9.17, 15) is 4.79 Å². The number of nitrogens with one attached hydrogen (secondary N) is 1. The standard InChI is InChI=1S/C14H17BrN4O/c1-19-10-16-18-14(19)11-5-7-12(8-6-11)17-13(20)4-2-3-9-15/h5-8,10H,2-4,9H2,1H3,(H,17,20). The normalized spacial score (nSPS) is 10.5. The smallest absolute Gasteiger partial charge is 0.224 e. The number of halogens is 1. The van der Waals surface area contributed by atoms with Crippen molar-refractivity contribution in [2.24, 2.45) is 7.05 Å². The highest BCUT2D eigenvalue weighted by atomic mass is 79.9. The molecule has 0 atom stereocenters. The molecule has 2 rings (SSSR count). The first-order valence-electron chi connectivity index (χ1n) is 6.51. The number of anilines is 1. The number of alkyl halides is 1. The molecule has 1 aromatic carbocycles. The van der Waals surface area contributed by atoms with Crippen molar-refractivity contribution >= 4 is 27.5 Å². The first-order valence-corrected chi connectivity index (χ1v) is 7.63. The van der Waals surface area contributed by atoms with Gasteiger partial charge in [0.25, 0.3) is 0 Å². The van der Waals surface area contributed by atoms with Crippen LogP contribution >= 0.6 is 15.9 Å². The summed E-state index contributed by atoms with van der Waals surface area (Å²) in [6.07, 6.45) is 4.12. The van der Waals surface area contributed by atoms with Gasteiger partial charge in [0.2, 0.25) is 5.91 Å². The lowest BCUT2D eigenvalue weighted by Crippen LogP contribution is -2.11. The third-order valence-electron chi connectivity index (χ3n) is 2.93. The summed E-state index contributed by atoms with van der Waals surface area (Å²) in [5.41, 5.74) is 1.78. The van der Waals surface area contributed by atoms with Crippen molar-refractivity contribution in [2.75, 3.05) is 10.6 Å². The predicted octanol–water partition coefficient (Wildman–Crippen LogP) is 2.99. The summed E-state index contributed by atoms with van der Waals surface area (Å²) in [6, 6.07) is 7.62. The lowest BCUT2D eigenvalue weighted by Gasteiger charge is -2.06. The Labute approximate surface area is 126 Å². The maximum Gasteiger partial charge on any atom is 0.224 e. The van der Waals surface area contributed by atoms with E-state index in [1.54, 1.807) is 6.33 Å². The molecule has 5 nitrogen and oxygen atoms in total. The lowest BCUT2D eigenvalue weighted by atomic mass is 10.2. The fourth-order valence-corrected chi connectivity index (χ4v) is 2.25. The number of aromatic nitrogens is 3. The number of carbonyl (C=O) groups is 1. The zero-order chi connectivity index (χ0) is 14.4. The zero-order valence-electron chi connectivity index (χ0n) is 11.3. The van der Waals surface area contributed by atoms with Crippen LogP contribution in [0.1, 0.15) is 19.3 Å². The van der Waals surface area contributed by atoms with Crippen molar-refractivity contribution in [3.05, 3.63) is 30.6 Å². The van der Waals surface area contributed by atoms with E-state index in [2.05, 4.69) is 31.4 Å². The Hall–Kier alpha value is -1.69. The Bertz CT molecular complexity index is 565. The number of rotatable bonds is 6. The Morgan fingerprint density at radius 3 is 2.65 bits per heavy atom. The van der Waals surface area contributed by atoms with Crippen LogP contribution in [0.4, 0.5) is 5.69 Å². The fourth-order valence-electron chi connectivity index (χ4n) is 1.85. The summed E-state index contributed by atoms with van der Waals surface area (Å²) in [5.74, 6) is 0.859. The summed E-state index contributed by atoms with van der Waals surface area (Å²) >= 11 is 3.35. The van der Waals surface area contributed by atoms with E-state index in [0.29, 0.717) is 6.42 Å². The molecule has 0 saturated carbocycles. The molecule has 106 valence electrons. The monoisotopic (exact) mass is 336 g/mol. The van der Waals surface area contributed by atoms with Gasteiger partial charge in [-0.1, -0.05) is 15.9 Å². The van der Waals surface area contributed by atoms with Crippen molar-refractivity contribution in [1.82, 2.24) is 14.8 Å². The molecule has 0 spiro atoms. The van der Waals surface area contributed by atoms with Gasteiger partial charge in [-0.3, -0.25) is 4.79 Å². The highest BCUT2D eigenvalue weighted by Crippen LogP contribution is 2.18. The van der Waals surface area contributed by atoms with Crippen molar-refractivity contribution in [3.8, 4) is 11.4 Å². The lowest BCUT2D eigenvalue weighted by molar-refractivity contribution is -0.116. The summed E-state index contributed by atoms with van der Waals surface area (Å²) < 4.78 is 1.86. The SMILES string of the molecule is Cn1cnnc1-c1ccc(NC(=O)CCCCBr)cc1. The van der Waals surface area contributed by atoms with Crippen LogP contribution in [-0.2, 0) is 11.8 Å². The molecule has 0 fully saturated rings. The highest BCUT2D eigenvalue weighted by Gasteiger charge is 2.05. The van der Waals surface area contributed by atoms with E-state index < -0.39 is 0 Å². The average Bonchev–Trinajstić information content (AvgIpc) is 2.86. The van der Waals surface area contributed by atoms with Crippen molar-refractivity contribution < 1.29 is 4.79 Å². The van der Waals surface area contributed by atoms with Crippen LogP contribution in [0.2, 0.25) is 0 Å². The molecule has 0 saturated heterocycles. The molecular formula is C14H17BrN4O. The van der Waals surface area contributed by atoms with Crippen LogP contribution < -0.4 is 5.32 Å². The minimum atomic E-state index is 0.0531. The van der Waals surface area contributed by atoms with Gasteiger partial charge in [0, 0.05) is 30.0 Å². The molecule has 1 N–H and O–H groups in total. The predicted molar refractivity (Wildman–Crippen MR) is 82.7 cm³/mol. The number of hydrogen-bond donors (Lipinski definition) is 1. The molecule has 0 unspecified atom stereocenters. The largest absolute Gasteiger partial charge is 0.326 e. The molecule has 6 heteroatoms. The Morgan fingerprint density at radius 1 is 1.30 bits per heavy atom. The first-order chi connectivity index (χ1) is 9.70. The average molecular weight is 337 g/mol. The van der Waals surface area contributed by atoms with E-state index >= 15 is 0 Å². The molecule has 1 heterocycles. The van der Waals surface area contributed by atoms with Gasteiger partial charge in [-0.05, 0) is 37.1 Å². The molecule has 0 aliphatic rings. The van der Waals surface area contributed by atoms with Gasteiger partial charge in [0.05, 0.1) is 0 Å². The molecule has 1 aromatic heterocycles. The topological polar surface area (TPSA) is 59.8 Å². The number of nitrogens with zero attached hydrogens (tertiary/aromatic N) is 3. The van der Waals surface area contributed by atoms with E-state index in [0.717, 1.165) is 35.2 Å². The molecule has 0 aliphatic heterocycles. The minimum Gasteiger partial charge on any atom is -0.326 e. The van der Waals surface area contributed by atoms with Crippen LogP contribution in [0.5, 0.6) is 0 Å². The van der Waals surface area contributed by atoms with Gasteiger partial charge in [-0.15, -0.1) is 10.2 Å². The zero-order valence-corrected chi connectivity index (χ0v) is 12.9. The van der Waals surface area contributed by atoms with Crippen molar-refractivity contribution in [1.29, 1.82) is 0 Å². The number of amides is 1.